The fourth-order valence-corrected chi connectivity index (χ4v) is 4.75. The van der Waals surface area contributed by atoms with Crippen molar-refractivity contribution in [2.45, 2.75) is 20.4 Å². The normalized spacial score (nSPS) is 14.5. The SMILES string of the molecule is CC(C)C(=O)N1CCN(Cc2c(-c3cccc([N+](=O)[O-])c3)nc3ccc(-c4ccccc4)cn23)CC1. The third-order valence-corrected chi connectivity index (χ3v) is 6.71. The molecular weight excluding hydrogens is 454 g/mol. The van der Waals surface area contributed by atoms with Gasteiger partial charge in [-0.25, -0.2) is 4.98 Å². The van der Waals surface area contributed by atoms with Crippen LogP contribution in [-0.4, -0.2) is 56.2 Å². The van der Waals surface area contributed by atoms with Crippen molar-refractivity contribution < 1.29 is 9.72 Å². The van der Waals surface area contributed by atoms with Crippen LogP contribution in [0.15, 0.2) is 72.9 Å². The maximum atomic E-state index is 12.4. The van der Waals surface area contributed by atoms with Crippen molar-refractivity contribution in [1.82, 2.24) is 19.2 Å². The fourth-order valence-electron chi connectivity index (χ4n) is 4.75. The molecule has 1 aliphatic rings. The second-order valence-electron chi connectivity index (χ2n) is 9.48. The zero-order valence-electron chi connectivity index (χ0n) is 20.5. The highest BCUT2D eigenvalue weighted by Gasteiger charge is 2.25. The van der Waals surface area contributed by atoms with Crippen molar-refractivity contribution in [2.24, 2.45) is 5.92 Å². The molecule has 0 saturated carbocycles. The number of carbonyl (C=O) groups is 1. The molecule has 2 aromatic heterocycles. The molecular formula is C28H29N5O3. The molecule has 3 heterocycles. The van der Waals surface area contributed by atoms with Crippen LogP contribution >= 0.6 is 0 Å². The molecule has 1 fully saturated rings. The number of imidazole rings is 1. The Balaban J connectivity index is 1.53. The molecule has 36 heavy (non-hydrogen) atoms. The van der Waals surface area contributed by atoms with E-state index in [9.17, 15) is 14.9 Å². The van der Waals surface area contributed by atoms with Crippen LogP contribution < -0.4 is 0 Å². The van der Waals surface area contributed by atoms with E-state index in [4.69, 9.17) is 4.98 Å². The predicted octanol–water partition coefficient (Wildman–Crippen LogP) is 4.88. The molecule has 0 spiro atoms. The van der Waals surface area contributed by atoms with Crippen LogP contribution in [0.2, 0.25) is 0 Å². The molecule has 1 saturated heterocycles. The molecule has 1 aliphatic heterocycles. The van der Waals surface area contributed by atoms with E-state index >= 15 is 0 Å². The lowest BCUT2D eigenvalue weighted by molar-refractivity contribution is -0.384. The molecule has 0 N–H and O–H groups in total. The van der Waals surface area contributed by atoms with Crippen molar-refractivity contribution in [1.29, 1.82) is 0 Å². The summed E-state index contributed by atoms with van der Waals surface area (Å²) in [5, 5.41) is 11.4. The number of carbonyl (C=O) groups excluding carboxylic acids is 1. The number of nitro groups is 1. The third-order valence-electron chi connectivity index (χ3n) is 6.71. The van der Waals surface area contributed by atoms with Gasteiger partial charge in [-0.2, -0.15) is 0 Å². The van der Waals surface area contributed by atoms with Gasteiger partial charge in [0.2, 0.25) is 5.91 Å². The number of pyridine rings is 1. The number of piperazine rings is 1. The Kier molecular flexibility index (Phi) is 6.52. The third kappa shape index (κ3) is 4.72. The average molecular weight is 484 g/mol. The van der Waals surface area contributed by atoms with E-state index in [-0.39, 0.29) is 22.4 Å². The largest absolute Gasteiger partial charge is 0.340 e. The topological polar surface area (TPSA) is 84.0 Å². The molecule has 4 aromatic rings. The van der Waals surface area contributed by atoms with Crippen LogP contribution in [0.4, 0.5) is 5.69 Å². The van der Waals surface area contributed by atoms with Crippen molar-refractivity contribution >= 4 is 17.2 Å². The number of nitrogens with zero attached hydrogens (tertiary/aromatic N) is 5. The van der Waals surface area contributed by atoms with Gasteiger partial charge in [0.1, 0.15) is 5.65 Å². The molecule has 0 atom stereocenters. The summed E-state index contributed by atoms with van der Waals surface area (Å²) >= 11 is 0. The van der Waals surface area contributed by atoms with E-state index in [2.05, 4.69) is 33.7 Å². The number of amides is 1. The summed E-state index contributed by atoms with van der Waals surface area (Å²) in [7, 11) is 0. The number of fused-ring (bicyclic) bond motifs is 1. The molecule has 1 amide bonds. The van der Waals surface area contributed by atoms with Crippen LogP contribution in [0.3, 0.4) is 0 Å². The highest BCUT2D eigenvalue weighted by molar-refractivity contribution is 5.78. The van der Waals surface area contributed by atoms with Gasteiger partial charge in [-0.15, -0.1) is 0 Å². The first-order chi connectivity index (χ1) is 17.4. The van der Waals surface area contributed by atoms with E-state index < -0.39 is 0 Å². The van der Waals surface area contributed by atoms with Crippen LogP contribution in [0, 0.1) is 16.0 Å². The summed E-state index contributed by atoms with van der Waals surface area (Å²) in [5.41, 5.74) is 5.45. The molecule has 8 nitrogen and oxygen atoms in total. The summed E-state index contributed by atoms with van der Waals surface area (Å²) in [6, 6.07) is 20.9. The van der Waals surface area contributed by atoms with E-state index in [1.165, 1.54) is 6.07 Å². The lowest BCUT2D eigenvalue weighted by Crippen LogP contribution is -2.49. The monoisotopic (exact) mass is 483 g/mol. The van der Waals surface area contributed by atoms with Gasteiger partial charge < -0.3 is 9.30 Å². The molecule has 0 aliphatic carbocycles. The minimum Gasteiger partial charge on any atom is -0.340 e. The molecule has 2 aromatic carbocycles. The van der Waals surface area contributed by atoms with Gasteiger partial charge >= 0.3 is 0 Å². The van der Waals surface area contributed by atoms with Crippen molar-refractivity contribution in [3.8, 4) is 22.4 Å². The maximum Gasteiger partial charge on any atom is 0.270 e. The van der Waals surface area contributed by atoms with Gasteiger partial charge in [-0.05, 0) is 23.3 Å². The summed E-state index contributed by atoms with van der Waals surface area (Å²) in [6.07, 6.45) is 2.09. The highest BCUT2D eigenvalue weighted by Crippen LogP contribution is 2.30. The molecule has 184 valence electrons. The van der Waals surface area contributed by atoms with Gasteiger partial charge in [-0.3, -0.25) is 19.8 Å². The first-order valence-corrected chi connectivity index (χ1v) is 12.2. The van der Waals surface area contributed by atoms with Crippen molar-refractivity contribution in [3.63, 3.8) is 0 Å². The minimum absolute atomic E-state index is 0.00722. The zero-order valence-corrected chi connectivity index (χ0v) is 20.5. The lowest BCUT2D eigenvalue weighted by atomic mass is 10.1. The standard InChI is InChI=1S/C28H29N5O3/c1-20(2)28(34)31-15-13-30(14-16-31)19-25-27(22-9-6-10-24(17-22)33(35)36)29-26-12-11-23(18-32(25)26)21-7-4-3-5-8-21/h3-12,17-18,20H,13-16,19H2,1-2H3. The second-order valence-corrected chi connectivity index (χ2v) is 9.48. The van der Waals surface area contributed by atoms with Gasteiger partial charge in [-0.1, -0.05) is 56.3 Å². The number of rotatable bonds is 6. The molecule has 8 heteroatoms. The summed E-state index contributed by atoms with van der Waals surface area (Å²) in [5.74, 6) is 0.182. The quantitative estimate of drug-likeness (QED) is 0.288. The number of non-ortho nitro benzene ring substituents is 1. The number of hydrogen-bond donors (Lipinski definition) is 0. The van der Waals surface area contributed by atoms with Crippen LogP contribution in [0.25, 0.3) is 28.0 Å². The van der Waals surface area contributed by atoms with Gasteiger partial charge in [0.25, 0.3) is 5.69 Å². The Hall–Kier alpha value is -4.04. The highest BCUT2D eigenvalue weighted by atomic mass is 16.6. The summed E-state index contributed by atoms with van der Waals surface area (Å²) in [6.45, 7) is 7.40. The number of aromatic nitrogens is 2. The number of benzene rings is 2. The van der Waals surface area contributed by atoms with E-state index in [0.29, 0.717) is 19.6 Å². The van der Waals surface area contributed by atoms with Crippen LogP contribution in [0.5, 0.6) is 0 Å². The fraction of sp³-hybridized carbons (Fsp3) is 0.286. The summed E-state index contributed by atoms with van der Waals surface area (Å²) in [4.78, 5) is 32.6. The van der Waals surface area contributed by atoms with Crippen molar-refractivity contribution in [3.05, 3.63) is 88.7 Å². The molecule has 0 radical (unpaired) electrons. The lowest BCUT2D eigenvalue weighted by Gasteiger charge is -2.35. The smallest absolute Gasteiger partial charge is 0.270 e. The average Bonchev–Trinajstić information content (AvgIpc) is 3.26. The Morgan fingerprint density at radius 1 is 0.944 bits per heavy atom. The van der Waals surface area contributed by atoms with Crippen LogP contribution in [-0.2, 0) is 11.3 Å². The maximum absolute atomic E-state index is 12.4. The summed E-state index contributed by atoms with van der Waals surface area (Å²) < 4.78 is 2.10. The van der Waals surface area contributed by atoms with Crippen molar-refractivity contribution in [2.75, 3.05) is 26.2 Å². The first kappa shape index (κ1) is 23.7. The van der Waals surface area contributed by atoms with E-state index in [0.717, 1.165) is 46.8 Å². The van der Waals surface area contributed by atoms with E-state index in [1.54, 1.807) is 12.1 Å². The Morgan fingerprint density at radius 2 is 1.67 bits per heavy atom. The Labute approximate surface area is 209 Å². The number of nitro benzene ring substituents is 1. The number of hydrogen-bond acceptors (Lipinski definition) is 5. The van der Waals surface area contributed by atoms with Gasteiger partial charge in [0.15, 0.2) is 0 Å². The van der Waals surface area contributed by atoms with Gasteiger partial charge in [0.05, 0.1) is 16.3 Å². The Bertz CT molecular complexity index is 1410. The first-order valence-electron chi connectivity index (χ1n) is 12.2. The van der Waals surface area contributed by atoms with E-state index in [1.807, 2.05) is 49.1 Å². The predicted molar refractivity (Wildman–Crippen MR) is 139 cm³/mol. The second kappa shape index (κ2) is 9.91. The molecule has 0 bridgehead atoms. The minimum atomic E-state index is -0.378. The Morgan fingerprint density at radius 3 is 2.36 bits per heavy atom. The molecule has 5 rings (SSSR count). The van der Waals surface area contributed by atoms with Gasteiger partial charge in [0, 0.05) is 62.5 Å². The van der Waals surface area contributed by atoms with Crippen LogP contribution in [0.1, 0.15) is 19.5 Å². The molecule has 0 unspecified atom stereocenters. The zero-order chi connectivity index (χ0) is 25.2.